The molecule has 3 aliphatic rings. The van der Waals surface area contributed by atoms with Crippen LogP contribution in [0.1, 0.15) is 54.2 Å². The van der Waals surface area contributed by atoms with Crippen LogP contribution in [-0.4, -0.2) is 114 Å². The van der Waals surface area contributed by atoms with Gasteiger partial charge in [-0.05, 0) is 61.9 Å². The quantitative estimate of drug-likeness (QED) is 0.321. The molecule has 13 heteroatoms. The fraction of sp³-hybridized carbons (Fsp3) is 0.459. The lowest BCUT2D eigenvalue weighted by Gasteiger charge is -2.34. The third kappa shape index (κ3) is 7.66. The molecule has 264 valence electrons. The van der Waals surface area contributed by atoms with Gasteiger partial charge in [-0.2, -0.15) is 0 Å². The first kappa shape index (κ1) is 34.7. The van der Waals surface area contributed by atoms with Gasteiger partial charge < -0.3 is 34.4 Å². The molecule has 2 aromatic carbocycles. The largest absolute Gasteiger partial charge is 0.483 e. The van der Waals surface area contributed by atoms with Crippen LogP contribution in [0.2, 0.25) is 0 Å². The molecule has 0 saturated carbocycles. The molecule has 0 aliphatic carbocycles. The van der Waals surface area contributed by atoms with Crippen LogP contribution in [0, 0.1) is 6.92 Å². The number of nitrogens with zero attached hydrogens (tertiary/aromatic N) is 5. The Morgan fingerprint density at radius 2 is 1.70 bits per heavy atom. The van der Waals surface area contributed by atoms with E-state index in [1.807, 2.05) is 56.3 Å². The number of aryl methyl sites for hydroxylation is 1. The number of pyridine rings is 1. The number of para-hydroxylation sites is 1. The van der Waals surface area contributed by atoms with Gasteiger partial charge in [0.2, 0.25) is 11.8 Å². The van der Waals surface area contributed by atoms with Crippen molar-refractivity contribution in [2.45, 2.75) is 52.0 Å². The molecule has 1 N–H and O–H groups in total. The standard InChI is InChI=1S/C37H44N6O7/c1-3-4-20-49-37(48)41-18-16-40(17-19-41)33(44)23-38-35(46)29-22-32(27-12-11-25(2)21-28(27)39-29)50-24-34(45)42-14-7-10-31(42)36(47)43-15-13-26-8-5-6-9-30(26)43/h5-6,8-9,11-12,21-22,31H,3-4,7,10,13-20,23-24H2,1-2H3,(H,38,46)/t31-/m0/s1. The summed E-state index contributed by atoms with van der Waals surface area (Å²) < 4.78 is 11.3. The van der Waals surface area contributed by atoms with Gasteiger partial charge in [-0.25, -0.2) is 9.78 Å². The van der Waals surface area contributed by atoms with Crippen LogP contribution in [0.25, 0.3) is 10.9 Å². The molecule has 1 atom stereocenters. The number of carbonyl (C=O) groups is 5. The number of hydrogen-bond donors (Lipinski definition) is 1. The number of hydrogen-bond acceptors (Lipinski definition) is 8. The predicted octanol–water partition coefficient (Wildman–Crippen LogP) is 3.31. The minimum atomic E-state index is -0.563. The van der Waals surface area contributed by atoms with Crippen molar-refractivity contribution in [1.82, 2.24) is 25.0 Å². The number of likely N-dealkylation sites (tertiary alicyclic amines) is 1. The maximum Gasteiger partial charge on any atom is 0.409 e. The molecule has 0 unspecified atom stereocenters. The minimum Gasteiger partial charge on any atom is -0.483 e. The molecule has 0 radical (unpaired) electrons. The van der Waals surface area contributed by atoms with E-state index in [0.29, 0.717) is 68.9 Å². The third-order valence-corrected chi connectivity index (χ3v) is 9.54. The highest BCUT2D eigenvalue weighted by atomic mass is 16.6. The lowest BCUT2D eigenvalue weighted by molar-refractivity contribution is -0.139. The van der Waals surface area contributed by atoms with Crippen molar-refractivity contribution in [3.05, 3.63) is 65.4 Å². The first-order valence-corrected chi connectivity index (χ1v) is 17.4. The van der Waals surface area contributed by atoms with Crippen LogP contribution in [0.15, 0.2) is 48.5 Å². The zero-order valence-electron chi connectivity index (χ0n) is 28.7. The van der Waals surface area contributed by atoms with Crippen LogP contribution in [0.4, 0.5) is 10.5 Å². The molecule has 2 fully saturated rings. The molecule has 2 saturated heterocycles. The normalized spacial score (nSPS) is 17.1. The van der Waals surface area contributed by atoms with Crippen LogP contribution in [-0.2, 0) is 25.5 Å². The second-order valence-electron chi connectivity index (χ2n) is 12.9. The Bertz CT molecular complexity index is 1770. The molecular weight excluding hydrogens is 640 g/mol. The van der Waals surface area contributed by atoms with E-state index in [0.717, 1.165) is 42.5 Å². The van der Waals surface area contributed by atoms with Gasteiger partial charge in [0, 0.05) is 56.4 Å². The maximum absolute atomic E-state index is 13.6. The SMILES string of the molecule is CCCCOC(=O)N1CCN(C(=O)CNC(=O)c2cc(OCC(=O)N3CCC[C@H]3C(=O)N3CCc4ccccc43)c3ccc(C)cc3n2)CC1. The molecule has 3 aliphatic heterocycles. The summed E-state index contributed by atoms with van der Waals surface area (Å²) in [4.78, 5) is 76.7. The van der Waals surface area contributed by atoms with Crippen LogP contribution >= 0.6 is 0 Å². The van der Waals surface area contributed by atoms with Crippen molar-refractivity contribution < 1.29 is 33.4 Å². The van der Waals surface area contributed by atoms with Crippen LogP contribution < -0.4 is 15.0 Å². The van der Waals surface area contributed by atoms with E-state index in [-0.39, 0.29) is 42.7 Å². The summed E-state index contributed by atoms with van der Waals surface area (Å²) in [6.45, 7) is 6.20. The molecular formula is C37H44N6O7. The number of benzene rings is 2. The summed E-state index contributed by atoms with van der Waals surface area (Å²) in [6.07, 6.45) is 3.46. The predicted molar refractivity (Wildman–Crippen MR) is 186 cm³/mol. The topological polar surface area (TPSA) is 142 Å². The summed E-state index contributed by atoms with van der Waals surface area (Å²) in [5.74, 6) is -0.921. The van der Waals surface area contributed by atoms with Crippen molar-refractivity contribution in [2.75, 3.05) is 63.9 Å². The van der Waals surface area contributed by atoms with Gasteiger partial charge in [-0.15, -0.1) is 0 Å². The lowest BCUT2D eigenvalue weighted by atomic mass is 10.1. The van der Waals surface area contributed by atoms with E-state index in [9.17, 15) is 24.0 Å². The van der Waals surface area contributed by atoms with Gasteiger partial charge in [0.1, 0.15) is 17.5 Å². The number of anilines is 1. The highest BCUT2D eigenvalue weighted by Crippen LogP contribution is 2.31. The number of fused-ring (bicyclic) bond motifs is 2. The Hall–Kier alpha value is -5.20. The fourth-order valence-electron chi connectivity index (χ4n) is 6.73. The molecule has 0 spiro atoms. The molecule has 5 amide bonds. The number of ether oxygens (including phenoxy) is 2. The zero-order valence-corrected chi connectivity index (χ0v) is 28.7. The molecule has 50 heavy (non-hydrogen) atoms. The Morgan fingerprint density at radius 3 is 2.50 bits per heavy atom. The van der Waals surface area contributed by atoms with Crippen LogP contribution in [0.5, 0.6) is 5.75 Å². The first-order chi connectivity index (χ1) is 24.2. The maximum atomic E-state index is 13.6. The number of aromatic nitrogens is 1. The Balaban J connectivity index is 1.07. The summed E-state index contributed by atoms with van der Waals surface area (Å²) in [5, 5.41) is 3.29. The molecule has 6 rings (SSSR count). The Morgan fingerprint density at radius 1 is 0.920 bits per heavy atom. The van der Waals surface area contributed by atoms with E-state index in [1.54, 1.807) is 19.6 Å². The Kier molecular flexibility index (Phi) is 10.8. The van der Waals surface area contributed by atoms with Crippen molar-refractivity contribution in [3.63, 3.8) is 0 Å². The highest BCUT2D eigenvalue weighted by Gasteiger charge is 2.38. The van der Waals surface area contributed by atoms with Crippen molar-refractivity contribution in [1.29, 1.82) is 0 Å². The fourth-order valence-corrected chi connectivity index (χ4v) is 6.73. The number of unbranched alkanes of at least 4 members (excludes halogenated alkanes) is 1. The molecule has 4 heterocycles. The van der Waals surface area contributed by atoms with Gasteiger partial charge in [0.25, 0.3) is 11.8 Å². The van der Waals surface area contributed by atoms with Gasteiger partial charge in [0.05, 0.1) is 18.7 Å². The van der Waals surface area contributed by atoms with Gasteiger partial charge in [-0.3, -0.25) is 19.2 Å². The van der Waals surface area contributed by atoms with E-state index < -0.39 is 11.9 Å². The van der Waals surface area contributed by atoms with E-state index >= 15 is 0 Å². The number of piperazine rings is 1. The number of amides is 5. The third-order valence-electron chi connectivity index (χ3n) is 9.54. The highest BCUT2D eigenvalue weighted by molar-refractivity contribution is 6.01. The molecule has 1 aromatic heterocycles. The van der Waals surface area contributed by atoms with Gasteiger partial charge in [-0.1, -0.05) is 37.6 Å². The van der Waals surface area contributed by atoms with Crippen LogP contribution in [0.3, 0.4) is 0 Å². The van der Waals surface area contributed by atoms with Gasteiger partial charge >= 0.3 is 6.09 Å². The molecule has 13 nitrogen and oxygen atoms in total. The van der Waals surface area contributed by atoms with E-state index in [1.165, 1.54) is 6.07 Å². The van der Waals surface area contributed by atoms with Crippen molar-refractivity contribution >= 4 is 46.3 Å². The average molecular weight is 685 g/mol. The van der Waals surface area contributed by atoms with Crippen molar-refractivity contribution in [2.24, 2.45) is 0 Å². The number of rotatable bonds is 10. The first-order valence-electron chi connectivity index (χ1n) is 17.4. The monoisotopic (exact) mass is 684 g/mol. The van der Waals surface area contributed by atoms with Gasteiger partial charge in [0.15, 0.2) is 6.61 Å². The second-order valence-corrected chi connectivity index (χ2v) is 12.9. The summed E-state index contributed by atoms with van der Waals surface area (Å²) in [6, 6.07) is 14.3. The lowest BCUT2D eigenvalue weighted by Crippen LogP contribution is -2.52. The summed E-state index contributed by atoms with van der Waals surface area (Å²) >= 11 is 0. The molecule has 0 bridgehead atoms. The number of nitrogens with one attached hydrogen (secondary N) is 1. The summed E-state index contributed by atoms with van der Waals surface area (Å²) in [5.41, 5.74) is 3.51. The number of carbonyl (C=O) groups excluding carboxylic acids is 5. The zero-order chi connectivity index (χ0) is 35.2. The minimum absolute atomic E-state index is 0.0416. The summed E-state index contributed by atoms with van der Waals surface area (Å²) in [7, 11) is 0. The smallest absolute Gasteiger partial charge is 0.409 e. The van der Waals surface area contributed by atoms with E-state index in [4.69, 9.17) is 9.47 Å². The average Bonchev–Trinajstić information content (AvgIpc) is 3.80. The van der Waals surface area contributed by atoms with Crippen molar-refractivity contribution in [3.8, 4) is 5.75 Å². The Labute approximate surface area is 291 Å². The second kappa shape index (κ2) is 15.6. The molecule has 3 aromatic rings. The van der Waals surface area contributed by atoms with E-state index in [2.05, 4.69) is 10.3 Å².